The molecule has 0 aromatic heterocycles. The summed E-state index contributed by atoms with van der Waals surface area (Å²) in [5, 5.41) is 0. The van der Waals surface area contributed by atoms with E-state index in [4.69, 9.17) is 5.73 Å². The third-order valence-electron chi connectivity index (χ3n) is 3.04. The van der Waals surface area contributed by atoms with Crippen molar-refractivity contribution in [3.05, 3.63) is 58.7 Å². The Bertz CT molecular complexity index is 663. The number of halogens is 2. The van der Waals surface area contributed by atoms with E-state index in [9.17, 15) is 13.0 Å². The number of hydrogen-bond acceptors (Lipinski definition) is 2. The average molecular weight is 295 g/mol. The molecule has 0 spiro atoms. The zero-order chi connectivity index (χ0) is 14.9. The summed E-state index contributed by atoms with van der Waals surface area (Å²) in [5.41, 5.74) is 8.10. The van der Waals surface area contributed by atoms with Gasteiger partial charge in [0, 0.05) is 5.69 Å². The summed E-state index contributed by atoms with van der Waals surface area (Å²) in [7, 11) is -1.79. The number of nitrogen functional groups attached to an aromatic ring is 1. The molecule has 2 nitrogen and oxygen atoms in total. The lowest BCUT2D eigenvalue weighted by molar-refractivity contribution is 0.535. The van der Waals surface area contributed by atoms with Gasteiger partial charge in [0.25, 0.3) is 0 Å². The maximum Gasteiger partial charge on any atom is 0.144 e. The first-order valence-electron chi connectivity index (χ1n) is 6.07. The lowest BCUT2D eigenvalue weighted by Crippen LogP contribution is -2.05. The van der Waals surface area contributed by atoms with Crippen molar-refractivity contribution in [1.29, 1.82) is 0 Å². The van der Waals surface area contributed by atoms with Gasteiger partial charge in [-0.1, -0.05) is 23.8 Å². The standard InChI is InChI=1S/C15H15F2NOS/c1-9-3-4-10(2)11(5-9)8-20(19)15-13(16)6-12(18)7-14(15)17/h3-7H,8,18H2,1-2H3. The predicted molar refractivity (Wildman–Crippen MR) is 76.8 cm³/mol. The van der Waals surface area contributed by atoms with Crippen molar-refractivity contribution >= 4 is 16.5 Å². The zero-order valence-electron chi connectivity index (χ0n) is 11.2. The Balaban J connectivity index is 2.36. The molecule has 0 bridgehead atoms. The molecule has 0 heterocycles. The zero-order valence-corrected chi connectivity index (χ0v) is 12.1. The summed E-state index contributed by atoms with van der Waals surface area (Å²) in [6, 6.07) is 7.68. The predicted octanol–water partition coefficient (Wildman–Crippen LogP) is 3.47. The van der Waals surface area contributed by atoms with Crippen LogP contribution < -0.4 is 5.73 Å². The van der Waals surface area contributed by atoms with Crippen molar-refractivity contribution in [3.8, 4) is 0 Å². The van der Waals surface area contributed by atoms with Crippen LogP contribution in [-0.4, -0.2) is 4.21 Å². The van der Waals surface area contributed by atoms with Crippen LogP contribution in [0.4, 0.5) is 14.5 Å². The molecule has 5 heteroatoms. The lowest BCUT2D eigenvalue weighted by Gasteiger charge is -2.09. The smallest absolute Gasteiger partial charge is 0.144 e. The molecule has 1 unspecified atom stereocenters. The van der Waals surface area contributed by atoms with Crippen LogP contribution in [-0.2, 0) is 16.6 Å². The molecule has 1 atom stereocenters. The van der Waals surface area contributed by atoms with Crippen LogP contribution in [0.15, 0.2) is 35.2 Å². The molecule has 0 amide bonds. The summed E-state index contributed by atoms with van der Waals surface area (Å²) < 4.78 is 39.7. The summed E-state index contributed by atoms with van der Waals surface area (Å²) in [6.45, 7) is 3.79. The molecule has 0 saturated carbocycles. The Hall–Kier alpha value is -1.75. The Morgan fingerprint density at radius 2 is 1.70 bits per heavy atom. The van der Waals surface area contributed by atoms with E-state index < -0.39 is 27.3 Å². The van der Waals surface area contributed by atoms with Gasteiger partial charge >= 0.3 is 0 Å². The molecule has 2 aromatic carbocycles. The van der Waals surface area contributed by atoms with E-state index in [1.165, 1.54) is 0 Å². The fraction of sp³-hybridized carbons (Fsp3) is 0.200. The fourth-order valence-corrected chi connectivity index (χ4v) is 3.26. The molecule has 0 aliphatic rings. The van der Waals surface area contributed by atoms with Gasteiger partial charge in [-0.25, -0.2) is 8.78 Å². The number of hydrogen-bond donors (Lipinski definition) is 1. The maximum atomic E-state index is 13.7. The van der Waals surface area contributed by atoms with E-state index in [0.717, 1.165) is 28.8 Å². The first kappa shape index (κ1) is 14.7. The Morgan fingerprint density at radius 3 is 2.30 bits per heavy atom. The third kappa shape index (κ3) is 3.04. The van der Waals surface area contributed by atoms with Gasteiger partial charge in [0.1, 0.15) is 16.5 Å². The quantitative estimate of drug-likeness (QED) is 0.881. The van der Waals surface area contributed by atoms with Crippen molar-refractivity contribution in [2.75, 3.05) is 5.73 Å². The van der Waals surface area contributed by atoms with Crippen LogP contribution in [0.25, 0.3) is 0 Å². The molecule has 0 aliphatic heterocycles. The summed E-state index contributed by atoms with van der Waals surface area (Å²) in [5.74, 6) is -1.66. The van der Waals surface area contributed by atoms with E-state index >= 15 is 0 Å². The maximum absolute atomic E-state index is 13.7. The van der Waals surface area contributed by atoms with E-state index in [2.05, 4.69) is 0 Å². The number of nitrogens with two attached hydrogens (primary N) is 1. The van der Waals surface area contributed by atoms with Crippen LogP contribution in [0.1, 0.15) is 16.7 Å². The summed E-state index contributed by atoms with van der Waals surface area (Å²) >= 11 is 0. The largest absolute Gasteiger partial charge is 0.399 e. The molecule has 20 heavy (non-hydrogen) atoms. The van der Waals surface area contributed by atoms with E-state index in [1.54, 1.807) is 0 Å². The van der Waals surface area contributed by atoms with Crippen molar-refractivity contribution in [1.82, 2.24) is 0 Å². The van der Waals surface area contributed by atoms with Crippen molar-refractivity contribution in [3.63, 3.8) is 0 Å². The second kappa shape index (κ2) is 5.71. The van der Waals surface area contributed by atoms with E-state index in [1.807, 2.05) is 32.0 Å². The number of benzene rings is 2. The molecule has 106 valence electrons. The Kier molecular flexibility index (Phi) is 4.18. The van der Waals surface area contributed by atoms with Crippen molar-refractivity contribution in [2.45, 2.75) is 24.5 Å². The monoisotopic (exact) mass is 295 g/mol. The molecule has 0 radical (unpaired) electrons. The van der Waals surface area contributed by atoms with Crippen LogP contribution in [0, 0.1) is 25.5 Å². The van der Waals surface area contributed by atoms with Gasteiger partial charge in [0.05, 0.1) is 16.6 Å². The molecule has 2 N–H and O–H groups in total. The lowest BCUT2D eigenvalue weighted by atomic mass is 10.1. The Morgan fingerprint density at radius 1 is 1.10 bits per heavy atom. The van der Waals surface area contributed by atoms with E-state index in [-0.39, 0.29) is 11.4 Å². The van der Waals surface area contributed by atoms with E-state index in [0.29, 0.717) is 0 Å². The topological polar surface area (TPSA) is 43.1 Å². The highest BCUT2D eigenvalue weighted by molar-refractivity contribution is 7.84. The molecule has 0 fully saturated rings. The molecular formula is C15H15F2NOS. The van der Waals surface area contributed by atoms with Gasteiger partial charge in [-0.2, -0.15) is 0 Å². The van der Waals surface area contributed by atoms with Crippen molar-refractivity contribution < 1.29 is 13.0 Å². The first-order chi connectivity index (χ1) is 9.38. The number of aryl methyl sites for hydroxylation is 2. The third-order valence-corrected chi connectivity index (χ3v) is 4.46. The molecule has 0 aliphatic carbocycles. The van der Waals surface area contributed by atoms with Gasteiger partial charge in [-0.05, 0) is 37.1 Å². The SMILES string of the molecule is Cc1ccc(C)c(CS(=O)c2c(F)cc(N)cc2F)c1. The number of rotatable bonds is 3. The highest BCUT2D eigenvalue weighted by atomic mass is 32.2. The van der Waals surface area contributed by atoms with Gasteiger partial charge in [0.15, 0.2) is 0 Å². The van der Waals surface area contributed by atoms with Crippen LogP contribution in [0.5, 0.6) is 0 Å². The summed E-state index contributed by atoms with van der Waals surface area (Å²) in [4.78, 5) is -0.417. The minimum atomic E-state index is -1.79. The second-order valence-electron chi connectivity index (χ2n) is 4.73. The van der Waals surface area contributed by atoms with Crippen LogP contribution in [0.3, 0.4) is 0 Å². The minimum absolute atomic E-state index is 0.0208. The highest BCUT2D eigenvalue weighted by Crippen LogP contribution is 2.23. The Labute approximate surface area is 119 Å². The first-order valence-corrected chi connectivity index (χ1v) is 7.39. The molecule has 2 aromatic rings. The fourth-order valence-electron chi connectivity index (χ4n) is 1.97. The molecule has 2 rings (SSSR count). The van der Waals surface area contributed by atoms with Crippen LogP contribution >= 0.6 is 0 Å². The highest BCUT2D eigenvalue weighted by Gasteiger charge is 2.18. The van der Waals surface area contributed by atoms with Crippen molar-refractivity contribution in [2.24, 2.45) is 0 Å². The normalized spacial score (nSPS) is 12.4. The van der Waals surface area contributed by atoms with Gasteiger partial charge in [-0.3, -0.25) is 4.21 Å². The molecule has 0 saturated heterocycles. The minimum Gasteiger partial charge on any atom is -0.399 e. The van der Waals surface area contributed by atoms with Gasteiger partial charge < -0.3 is 5.73 Å². The van der Waals surface area contributed by atoms with Gasteiger partial charge in [0.2, 0.25) is 0 Å². The molecular weight excluding hydrogens is 280 g/mol. The number of anilines is 1. The van der Waals surface area contributed by atoms with Gasteiger partial charge in [-0.15, -0.1) is 0 Å². The van der Waals surface area contributed by atoms with Crippen LogP contribution in [0.2, 0.25) is 0 Å². The average Bonchev–Trinajstić information content (AvgIpc) is 2.32. The second-order valence-corrected chi connectivity index (χ2v) is 6.12. The summed E-state index contributed by atoms with van der Waals surface area (Å²) in [6.07, 6.45) is 0.